The predicted molar refractivity (Wildman–Crippen MR) is 109 cm³/mol. The summed E-state index contributed by atoms with van der Waals surface area (Å²) in [4.78, 5) is 0. The Labute approximate surface area is 164 Å². The SMILES string of the molecule is COC1(C)c2cc(O)c3cc4c(cc3c2-c2ccccc2C1(C)C)OCCO4. The van der Waals surface area contributed by atoms with Crippen LogP contribution in [0.2, 0.25) is 0 Å². The van der Waals surface area contributed by atoms with E-state index in [1.807, 2.05) is 18.2 Å². The Bertz CT molecular complexity index is 1120. The van der Waals surface area contributed by atoms with Crippen LogP contribution in [0.5, 0.6) is 17.2 Å². The lowest BCUT2D eigenvalue weighted by atomic mass is 9.60. The van der Waals surface area contributed by atoms with Gasteiger partial charge in [0, 0.05) is 17.9 Å². The quantitative estimate of drug-likeness (QED) is 0.639. The summed E-state index contributed by atoms with van der Waals surface area (Å²) in [5.74, 6) is 1.62. The predicted octanol–water partition coefficient (Wildman–Crippen LogP) is 5.14. The Morgan fingerprint density at radius 1 is 0.893 bits per heavy atom. The van der Waals surface area contributed by atoms with Gasteiger partial charge in [-0.3, -0.25) is 0 Å². The van der Waals surface area contributed by atoms with Gasteiger partial charge in [-0.1, -0.05) is 38.1 Å². The molecule has 1 aliphatic carbocycles. The maximum atomic E-state index is 10.9. The van der Waals surface area contributed by atoms with Crippen molar-refractivity contribution in [1.82, 2.24) is 0 Å². The van der Waals surface area contributed by atoms with Gasteiger partial charge in [-0.05, 0) is 52.8 Å². The molecule has 4 heteroatoms. The van der Waals surface area contributed by atoms with Gasteiger partial charge in [-0.15, -0.1) is 0 Å². The van der Waals surface area contributed by atoms with Gasteiger partial charge in [-0.25, -0.2) is 0 Å². The van der Waals surface area contributed by atoms with Crippen molar-refractivity contribution < 1.29 is 19.3 Å². The Balaban J connectivity index is 1.96. The third-order valence-corrected chi connectivity index (χ3v) is 6.76. The molecule has 3 aromatic rings. The summed E-state index contributed by atoms with van der Waals surface area (Å²) in [5.41, 5.74) is 3.59. The maximum Gasteiger partial charge on any atom is 0.162 e. The summed E-state index contributed by atoms with van der Waals surface area (Å²) in [6, 6.07) is 14.2. The smallest absolute Gasteiger partial charge is 0.162 e. The van der Waals surface area contributed by atoms with Gasteiger partial charge in [0.15, 0.2) is 11.5 Å². The highest BCUT2D eigenvalue weighted by Gasteiger charge is 2.50. The number of phenolic OH excluding ortho intramolecular Hbond substituents is 1. The third-order valence-electron chi connectivity index (χ3n) is 6.76. The van der Waals surface area contributed by atoms with Gasteiger partial charge in [0.2, 0.25) is 0 Å². The minimum atomic E-state index is -0.602. The summed E-state index contributed by atoms with van der Waals surface area (Å²) in [6.07, 6.45) is 0. The fourth-order valence-electron chi connectivity index (χ4n) is 4.81. The van der Waals surface area contributed by atoms with Crippen LogP contribution >= 0.6 is 0 Å². The lowest BCUT2D eigenvalue weighted by Gasteiger charge is -2.49. The fraction of sp³-hybridized carbons (Fsp3) is 0.333. The molecule has 0 saturated heterocycles. The van der Waals surface area contributed by atoms with Gasteiger partial charge in [-0.2, -0.15) is 0 Å². The van der Waals surface area contributed by atoms with Gasteiger partial charge < -0.3 is 19.3 Å². The van der Waals surface area contributed by atoms with Crippen LogP contribution in [0.15, 0.2) is 42.5 Å². The molecule has 1 N–H and O–H groups in total. The first-order valence-corrected chi connectivity index (χ1v) is 9.63. The first-order chi connectivity index (χ1) is 13.4. The zero-order chi connectivity index (χ0) is 19.7. The monoisotopic (exact) mass is 376 g/mol. The Hall–Kier alpha value is -2.72. The average Bonchev–Trinajstić information content (AvgIpc) is 2.71. The number of rotatable bonds is 1. The highest BCUT2D eigenvalue weighted by Crippen LogP contribution is 2.57. The Morgan fingerprint density at radius 3 is 2.21 bits per heavy atom. The first-order valence-electron chi connectivity index (χ1n) is 9.63. The summed E-state index contributed by atoms with van der Waals surface area (Å²) in [5, 5.41) is 12.6. The van der Waals surface area contributed by atoms with Crippen LogP contribution in [-0.4, -0.2) is 25.4 Å². The molecular weight excluding hydrogens is 352 g/mol. The summed E-state index contributed by atoms with van der Waals surface area (Å²) in [7, 11) is 1.74. The van der Waals surface area contributed by atoms with E-state index >= 15 is 0 Å². The minimum Gasteiger partial charge on any atom is -0.507 e. The van der Waals surface area contributed by atoms with Crippen LogP contribution in [0.3, 0.4) is 0 Å². The molecule has 0 aromatic heterocycles. The highest BCUT2D eigenvalue weighted by atomic mass is 16.6. The van der Waals surface area contributed by atoms with Crippen molar-refractivity contribution in [3.05, 3.63) is 53.6 Å². The molecule has 0 bridgehead atoms. The Morgan fingerprint density at radius 2 is 1.54 bits per heavy atom. The molecule has 2 aliphatic rings. The normalized spacial score (nSPS) is 21.9. The molecule has 0 spiro atoms. The van der Waals surface area contributed by atoms with Crippen molar-refractivity contribution in [2.45, 2.75) is 31.8 Å². The molecule has 144 valence electrons. The fourth-order valence-corrected chi connectivity index (χ4v) is 4.81. The molecule has 4 nitrogen and oxygen atoms in total. The number of benzene rings is 3. The van der Waals surface area contributed by atoms with E-state index in [-0.39, 0.29) is 11.2 Å². The molecule has 28 heavy (non-hydrogen) atoms. The summed E-state index contributed by atoms with van der Waals surface area (Å²) < 4.78 is 17.7. The van der Waals surface area contributed by atoms with Gasteiger partial charge >= 0.3 is 0 Å². The average molecular weight is 376 g/mol. The van der Waals surface area contributed by atoms with E-state index in [4.69, 9.17) is 14.2 Å². The van der Waals surface area contributed by atoms with Crippen LogP contribution in [0.1, 0.15) is 31.9 Å². The van der Waals surface area contributed by atoms with Crippen molar-refractivity contribution in [2.75, 3.05) is 20.3 Å². The lowest BCUT2D eigenvalue weighted by molar-refractivity contribution is -0.0569. The van der Waals surface area contributed by atoms with E-state index in [1.165, 1.54) is 11.1 Å². The van der Waals surface area contributed by atoms with Gasteiger partial charge in [0.1, 0.15) is 19.0 Å². The van der Waals surface area contributed by atoms with Crippen molar-refractivity contribution >= 4 is 10.8 Å². The molecule has 1 unspecified atom stereocenters. The number of aromatic hydroxyl groups is 1. The van der Waals surface area contributed by atoms with Crippen molar-refractivity contribution in [2.24, 2.45) is 0 Å². The maximum absolute atomic E-state index is 10.9. The molecule has 1 heterocycles. The molecule has 0 fully saturated rings. The zero-order valence-electron chi connectivity index (χ0n) is 16.6. The number of methoxy groups -OCH3 is 1. The van der Waals surface area contributed by atoms with Crippen LogP contribution in [0.25, 0.3) is 21.9 Å². The second kappa shape index (κ2) is 5.65. The summed E-state index contributed by atoms with van der Waals surface area (Å²) in [6.45, 7) is 7.54. The van der Waals surface area contributed by atoms with Crippen LogP contribution in [0.4, 0.5) is 0 Å². The molecular formula is C24H24O4. The van der Waals surface area contributed by atoms with Crippen molar-refractivity contribution in [3.63, 3.8) is 0 Å². The third kappa shape index (κ3) is 2.04. The van der Waals surface area contributed by atoms with Crippen molar-refractivity contribution in [3.8, 4) is 28.4 Å². The van der Waals surface area contributed by atoms with Crippen LogP contribution < -0.4 is 9.47 Å². The molecule has 0 saturated carbocycles. The largest absolute Gasteiger partial charge is 0.507 e. The minimum absolute atomic E-state index is 0.226. The molecule has 1 aliphatic heterocycles. The zero-order valence-corrected chi connectivity index (χ0v) is 16.6. The van der Waals surface area contributed by atoms with E-state index < -0.39 is 5.60 Å². The topological polar surface area (TPSA) is 47.9 Å². The number of ether oxygens (including phenoxy) is 3. The van der Waals surface area contributed by atoms with Crippen LogP contribution in [-0.2, 0) is 15.8 Å². The molecule has 1 atom stereocenters. The van der Waals surface area contributed by atoms with E-state index in [1.54, 1.807) is 7.11 Å². The van der Waals surface area contributed by atoms with E-state index in [0.29, 0.717) is 24.7 Å². The molecule has 0 radical (unpaired) electrons. The second-order valence-corrected chi connectivity index (χ2v) is 8.27. The number of hydrogen-bond donors (Lipinski definition) is 1. The lowest BCUT2D eigenvalue weighted by Crippen LogP contribution is -2.47. The summed E-state index contributed by atoms with van der Waals surface area (Å²) >= 11 is 0. The number of fused-ring (bicyclic) bond motifs is 6. The van der Waals surface area contributed by atoms with E-state index in [2.05, 4.69) is 45.0 Å². The molecule has 0 amide bonds. The van der Waals surface area contributed by atoms with Crippen molar-refractivity contribution in [1.29, 1.82) is 0 Å². The van der Waals surface area contributed by atoms with E-state index in [0.717, 1.165) is 21.9 Å². The standard InChI is InChI=1S/C24H24O4/c1-23(2)17-8-6-5-7-14(17)22-16-12-21-20(27-9-10-28-21)11-15(16)19(25)13-18(22)24(23,3)26-4/h5-8,11-13,25H,9-10H2,1-4H3. The van der Waals surface area contributed by atoms with Gasteiger partial charge in [0.25, 0.3) is 0 Å². The molecule has 3 aromatic carbocycles. The highest BCUT2D eigenvalue weighted by molar-refractivity contribution is 6.05. The van der Waals surface area contributed by atoms with E-state index in [9.17, 15) is 5.11 Å². The number of phenols is 1. The molecule has 5 rings (SSSR count). The van der Waals surface area contributed by atoms with Gasteiger partial charge in [0.05, 0.1) is 5.60 Å². The second-order valence-electron chi connectivity index (χ2n) is 8.27. The number of hydrogen-bond acceptors (Lipinski definition) is 4. The first kappa shape index (κ1) is 17.4. The Kier molecular flexibility index (Phi) is 3.50. The van der Waals surface area contributed by atoms with Crippen LogP contribution in [0, 0.1) is 0 Å².